The summed E-state index contributed by atoms with van der Waals surface area (Å²) in [6.45, 7) is 2.84. The Kier molecular flexibility index (Phi) is 45.1. The first-order valence-electron chi connectivity index (χ1n) is 31.9. The summed E-state index contributed by atoms with van der Waals surface area (Å²) < 4.78 is 22.8. The minimum absolute atomic E-state index is 0.233. The van der Waals surface area contributed by atoms with Crippen LogP contribution in [0.5, 0.6) is 0 Å². The lowest BCUT2D eigenvalue weighted by molar-refractivity contribution is -0.359. The number of aliphatic hydroxyl groups excluding tert-OH is 8. The zero-order valence-electron chi connectivity index (χ0n) is 48.5. The molecule has 12 atom stereocenters. The molecule has 9 N–H and O–H groups in total. The molecule has 0 saturated carbocycles. The molecule has 0 bridgehead atoms. The molecule has 0 aromatic rings. The Morgan fingerprint density at radius 2 is 0.816 bits per heavy atom. The molecule has 0 aliphatic carbocycles. The van der Waals surface area contributed by atoms with Crippen LogP contribution in [0.2, 0.25) is 0 Å². The van der Waals surface area contributed by atoms with Gasteiger partial charge in [0.15, 0.2) is 12.6 Å². The van der Waals surface area contributed by atoms with Crippen LogP contribution in [0, 0.1) is 0 Å². The molecule has 76 heavy (non-hydrogen) atoms. The minimum Gasteiger partial charge on any atom is -0.394 e. The number of ether oxygens (including phenoxy) is 4. The second-order valence-corrected chi connectivity index (χ2v) is 22.9. The first-order valence-corrected chi connectivity index (χ1v) is 31.9. The van der Waals surface area contributed by atoms with Crippen LogP contribution in [-0.4, -0.2) is 140 Å². The number of amides is 1. The number of allylic oxidation sites excluding steroid dienone is 1. The van der Waals surface area contributed by atoms with Crippen molar-refractivity contribution in [3.8, 4) is 0 Å². The fourth-order valence-electron chi connectivity index (χ4n) is 10.8. The maximum atomic E-state index is 13.3. The predicted molar refractivity (Wildman–Crippen MR) is 305 cm³/mol. The second-order valence-electron chi connectivity index (χ2n) is 22.9. The molecule has 2 aliphatic heterocycles. The first kappa shape index (κ1) is 70.8. The van der Waals surface area contributed by atoms with E-state index < -0.39 is 86.8 Å². The monoisotopic (exact) mass is 1090 g/mol. The van der Waals surface area contributed by atoms with E-state index in [0.717, 1.165) is 38.5 Å². The number of nitrogens with one attached hydrogen (secondary N) is 1. The highest BCUT2D eigenvalue weighted by Gasteiger charge is 2.51. The van der Waals surface area contributed by atoms with Crippen molar-refractivity contribution in [3.05, 3.63) is 12.2 Å². The molecule has 0 radical (unpaired) electrons. The Bertz CT molecular complexity index is 1330. The van der Waals surface area contributed by atoms with Crippen LogP contribution in [0.1, 0.15) is 284 Å². The molecule has 2 rings (SSSR count). The number of rotatable bonds is 52. The number of carbonyl (C=O) groups excluding carboxylic acids is 1. The average molecular weight is 1090 g/mol. The van der Waals surface area contributed by atoms with Crippen molar-refractivity contribution >= 4 is 5.91 Å². The van der Waals surface area contributed by atoms with E-state index >= 15 is 0 Å². The molecule has 2 aliphatic rings. The van der Waals surface area contributed by atoms with Crippen LogP contribution in [0.15, 0.2) is 12.2 Å². The van der Waals surface area contributed by atoms with Gasteiger partial charge < -0.3 is 65.1 Å². The van der Waals surface area contributed by atoms with Crippen molar-refractivity contribution in [3.63, 3.8) is 0 Å². The van der Waals surface area contributed by atoms with Gasteiger partial charge in [0.25, 0.3) is 0 Å². The maximum absolute atomic E-state index is 13.3. The van der Waals surface area contributed by atoms with Crippen LogP contribution < -0.4 is 5.32 Å². The van der Waals surface area contributed by atoms with Gasteiger partial charge in [-0.15, -0.1) is 0 Å². The van der Waals surface area contributed by atoms with Gasteiger partial charge in [0.2, 0.25) is 5.91 Å². The van der Waals surface area contributed by atoms with Crippen molar-refractivity contribution < 1.29 is 64.6 Å². The molecule has 2 fully saturated rings. The summed E-state index contributed by atoms with van der Waals surface area (Å²) in [5.74, 6) is -0.233. The van der Waals surface area contributed by atoms with Gasteiger partial charge >= 0.3 is 0 Å². The normalized spacial score (nSPS) is 24.9. The third-order valence-electron chi connectivity index (χ3n) is 16.0. The van der Waals surface area contributed by atoms with Gasteiger partial charge in [0.05, 0.1) is 32.0 Å². The number of aliphatic hydroxyl groups is 8. The molecule has 1 amide bonds. The highest BCUT2D eigenvalue weighted by molar-refractivity contribution is 5.76. The van der Waals surface area contributed by atoms with Gasteiger partial charge in [-0.3, -0.25) is 4.79 Å². The van der Waals surface area contributed by atoms with E-state index in [2.05, 4.69) is 19.2 Å². The zero-order valence-corrected chi connectivity index (χ0v) is 48.5. The van der Waals surface area contributed by atoms with Crippen LogP contribution in [0.4, 0.5) is 0 Å². The van der Waals surface area contributed by atoms with Crippen LogP contribution in [0.3, 0.4) is 0 Å². The molecule has 0 spiro atoms. The summed E-state index contributed by atoms with van der Waals surface area (Å²) in [4.78, 5) is 13.3. The largest absolute Gasteiger partial charge is 0.394 e. The Morgan fingerprint density at radius 3 is 1.21 bits per heavy atom. The van der Waals surface area contributed by atoms with Gasteiger partial charge in [-0.2, -0.15) is 0 Å². The van der Waals surface area contributed by atoms with Crippen LogP contribution >= 0.6 is 0 Å². The van der Waals surface area contributed by atoms with Gasteiger partial charge in [0.1, 0.15) is 48.8 Å². The summed E-state index contributed by atoms with van der Waals surface area (Å²) in [6, 6.07) is -0.910. The summed E-state index contributed by atoms with van der Waals surface area (Å²) >= 11 is 0. The lowest BCUT2D eigenvalue weighted by atomic mass is 9.97. The van der Waals surface area contributed by atoms with Crippen molar-refractivity contribution in [2.75, 3.05) is 19.8 Å². The number of carbonyl (C=O) groups is 1. The second kappa shape index (κ2) is 48.4. The van der Waals surface area contributed by atoms with Gasteiger partial charge in [0, 0.05) is 6.42 Å². The smallest absolute Gasteiger partial charge is 0.220 e. The summed E-state index contributed by atoms with van der Waals surface area (Å²) in [7, 11) is 0. The van der Waals surface area contributed by atoms with E-state index in [0.29, 0.717) is 6.42 Å². The van der Waals surface area contributed by atoms with Crippen molar-refractivity contribution in [2.24, 2.45) is 0 Å². The Hall–Kier alpha value is -1.27. The molecule has 0 aromatic carbocycles. The van der Waals surface area contributed by atoms with Gasteiger partial charge in [-0.05, 0) is 19.3 Å². The number of unbranched alkanes of at least 4 members (excludes halogenated alkanes) is 39. The molecule has 14 heteroatoms. The molecule has 2 heterocycles. The molecule has 2 saturated heterocycles. The van der Waals surface area contributed by atoms with Crippen molar-refractivity contribution in [1.82, 2.24) is 5.32 Å². The average Bonchev–Trinajstić information content (AvgIpc) is 3.42. The fourth-order valence-corrected chi connectivity index (χ4v) is 10.8. The Morgan fingerprint density at radius 1 is 0.461 bits per heavy atom. The van der Waals surface area contributed by atoms with E-state index in [1.165, 1.54) is 218 Å². The summed E-state index contributed by atoms with van der Waals surface area (Å²) in [5.41, 5.74) is 0. The van der Waals surface area contributed by atoms with E-state index in [1.54, 1.807) is 6.08 Å². The standard InChI is InChI=1S/C62H119NO13/c1-3-5-7-9-11-13-15-17-19-21-23-24-25-26-27-28-29-31-33-35-37-39-41-43-45-51(66)50(63-54(67)46-44-42-40-38-36-34-32-30-22-20-18-16-14-12-10-8-6-4-2)49-73-61-59(72)57(70)60(53(48-65)75-61)76-62-58(71)56(69)55(68)52(47-64)74-62/h43,45,50-53,55-62,64-66,68-72H,3-42,44,46-49H2,1-2H3,(H,63,67)/b45-43+. The summed E-state index contributed by atoms with van der Waals surface area (Å²) in [5, 5.41) is 87.2. The van der Waals surface area contributed by atoms with Gasteiger partial charge in [-0.25, -0.2) is 0 Å². The molecule has 450 valence electrons. The molecular formula is C62H119NO13. The first-order chi connectivity index (χ1) is 37.1. The third kappa shape index (κ3) is 33.5. The predicted octanol–water partition coefficient (Wildman–Crippen LogP) is 11.5. The number of hydrogen-bond donors (Lipinski definition) is 9. The Labute approximate surface area is 463 Å². The molecule has 0 aromatic heterocycles. The molecule has 14 nitrogen and oxygen atoms in total. The highest BCUT2D eigenvalue weighted by Crippen LogP contribution is 2.30. The third-order valence-corrected chi connectivity index (χ3v) is 16.0. The fraction of sp³-hybridized carbons (Fsp3) is 0.952. The maximum Gasteiger partial charge on any atom is 0.220 e. The SMILES string of the molecule is CCCCCCCCCCCCCCCCCCCCCCCC/C=C/C(O)C(COC1OC(CO)C(OC2OC(CO)C(O)C(O)C2O)C(O)C1O)NC(=O)CCCCCCCCCCCCCCCCCCCC. The van der Waals surface area contributed by atoms with E-state index in [-0.39, 0.29) is 18.9 Å². The Balaban J connectivity index is 1.73. The summed E-state index contributed by atoms with van der Waals surface area (Å²) in [6.07, 6.45) is 39.7. The quantitative estimate of drug-likeness (QED) is 0.0204. The molecule has 12 unspecified atom stereocenters. The van der Waals surface area contributed by atoms with Crippen LogP contribution in [-0.2, 0) is 23.7 Å². The highest BCUT2D eigenvalue weighted by atomic mass is 16.7. The lowest BCUT2D eigenvalue weighted by Crippen LogP contribution is -2.65. The zero-order chi connectivity index (χ0) is 55.3. The number of hydrogen-bond acceptors (Lipinski definition) is 13. The van der Waals surface area contributed by atoms with E-state index in [1.807, 2.05) is 6.08 Å². The molecular weight excluding hydrogens is 967 g/mol. The van der Waals surface area contributed by atoms with Crippen molar-refractivity contribution in [2.45, 2.75) is 357 Å². The van der Waals surface area contributed by atoms with Crippen molar-refractivity contribution in [1.29, 1.82) is 0 Å². The van der Waals surface area contributed by atoms with E-state index in [4.69, 9.17) is 18.9 Å². The minimum atomic E-state index is -1.79. The lowest BCUT2D eigenvalue weighted by Gasteiger charge is -2.46. The van der Waals surface area contributed by atoms with Gasteiger partial charge in [-0.1, -0.05) is 270 Å². The van der Waals surface area contributed by atoms with Crippen LogP contribution in [0.25, 0.3) is 0 Å². The van der Waals surface area contributed by atoms with E-state index in [9.17, 15) is 45.6 Å². The topological polar surface area (TPSA) is 228 Å².